The van der Waals surface area contributed by atoms with Gasteiger partial charge in [-0.05, 0) is 30.4 Å². The molecule has 1 amide bonds. The highest BCUT2D eigenvalue weighted by molar-refractivity contribution is 7.89. The highest BCUT2D eigenvalue weighted by Crippen LogP contribution is 2.23. The normalized spacial score (nSPS) is 18.5. The maximum atomic E-state index is 12.9. The van der Waals surface area contributed by atoms with Crippen LogP contribution < -0.4 is 11.1 Å². The van der Waals surface area contributed by atoms with Crippen molar-refractivity contribution in [2.45, 2.75) is 57.0 Å². The Bertz CT molecular complexity index is 685. The van der Waals surface area contributed by atoms with Gasteiger partial charge < -0.3 is 11.1 Å². The van der Waals surface area contributed by atoms with E-state index in [1.54, 1.807) is 28.6 Å². The van der Waals surface area contributed by atoms with Gasteiger partial charge in [0.25, 0.3) is 0 Å². The lowest BCUT2D eigenvalue weighted by Crippen LogP contribution is -2.44. The van der Waals surface area contributed by atoms with Crippen molar-refractivity contribution in [3.05, 3.63) is 29.8 Å². The van der Waals surface area contributed by atoms with Crippen molar-refractivity contribution in [1.82, 2.24) is 9.62 Å². The van der Waals surface area contributed by atoms with Crippen LogP contribution in [0.5, 0.6) is 0 Å². The number of benzene rings is 1. The Morgan fingerprint density at radius 3 is 2.52 bits per heavy atom. The van der Waals surface area contributed by atoms with Gasteiger partial charge in [-0.2, -0.15) is 4.31 Å². The van der Waals surface area contributed by atoms with Gasteiger partial charge >= 0.3 is 0 Å². The predicted molar refractivity (Wildman–Crippen MR) is 98.3 cm³/mol. The van der Waals surface area contributed by atoms with E-state index in [4.69, 9.17) is 5.73 Å². The van der Waals surface area contributed by atoms with Crippen molar-refractivity contribution in [1.29, 1.82) is 0 Å². The third-order valence-corrected chi connectivity index (χ3v) is 6.92. The van der Waals surface area contributed by atoms with Gasteiger partial charge in [-0.25, -0.2) is 8.42 Å². The molecule has 2 atom stereocenters. The van der Waals surface area contributed by atoms with E-state index in [0.717, 1.165) is 25.7 Å². The monoisotopic (exact) mass is 367 g/mol. The van der Waals surface area contributed by atoms with E-state index >= 15 is 0 Å². The van der Waals surface area contributed by atoms with E-state index in [9.17, 15) is 13.2 Å². The van der Waals surface area contributed by atoms with Crippen LogP contribution in [0.4, 0.5) is 0 Å². The van der Waals surface area contributed by atoms with Crippen LogP contribution in [0.1, 0.15) is 45.1 Å². The van der Waals surface area contributed by atoms with E-state index in [-0.39, 0.29) is 23.3 Å². The summed E-state index contributed by atoms with van der Waals surface area (Å²) in [5.41, 5.74) is 6.53. The van der Waals surface area contributed by atoms with Gasteiger partial charge in [0, 0.05) is 19.6 Å². The summed E-state index contributed by atoms with van der Waals surface area (Å²) < 4.78 is 27.4. The third kappa shape index (κ3) is 4.80. The van der Waals surface area contributed by atoms with Gasteiger partial charge in [0.15, 0.2) is 0 Å². The first-order valence-corrected chi connectivity index (χ1v) is 10.4. The molecule has 0 spiro atoms. The summed E-state index contributed by atoms with van der Waals surface area (Å²) in [5.74, 6) is -0.174. The van der Waals surface area contributed by atoms with Crippen molar-refractivity contribution < 1.29 is 13.2 Å². The van der Waals surface area contributed by atoms with Crippen LogP contribution in [0.15, 0.2) is 29.2 Å². The summed E-state index contributed by atoms with van der Waals surface area (Å²) in [5, 5.41) is 2.78. The zero-order valence-corrected chi connectivity index (χ0v) is 15.9. The molecule has 1 saturated heterocycles. The molecular formula is C18H29N3O3S. The van der Waals surface area contributed by atoms with Gasteiger partial charge in [-0.15, -0.1) is 0 Å². The van der Waals surface area contributed by atoms with Crippen molar-refractivity contribution in [3.8, 4) is 0 Å². The maximum absolute atomic E-state index is 12.9. The van der Waals surface area contributed by atoms with Crippen molar-refractivity contribution in [2.75, 3.05) is 13.1 Å². The molecule has 1 aromatic carbocycles. The van der Waals surface area contributed by atoms with E-state index in [0.29, 0.717) is 18.7 Å². The first kappa shape index (κ1) is 19.9. The molecule has 0 saturated carbocycles. The predicted octanol–water partition coefficient (Wildman–Crippen LogP) is 1.85. The number of rotatable bonds is 7. The van der Waals surface area contributed by atoms with Crippen molar-refractivity contribution in [3.63, 3.8) is 0 Å². The second-order valence-corrected chi connectivity index (χ2v) is 8.61. The molecule has 0 radical (unpaired) electrons. The van der Waals surface area contributed by atoms with Crippen LogP contribution in [0.25, 0.3) is 0 Å². The van der Waals surface area contributed by atoms with Crippen LogP contribution in [0.2, 0.25) is 0 Å². The van der Waals surface area contributed by atoms with Gasteiger partial charge in [0.2, 0.25) is 15.9 Å². The fourth-order valence-electron chi connectivity index (χ4n) is 2.96. The molecule has 0 aliphatic carbocycles. The van der Waals surface area contributed by atoms with E-state index in [1.165, 1.54) is 0 Å². The van der Waals surface area contributed by atoms with Crippen molar-refractivity contribution in [2.24, 2.45) is 11.7 Å². The Balaban J connectivity index is 2.14. The number of hydrogen-bond donors (Lipinski definition) is 2. The molecule has 1 aliphatic heterocycles. The molecule has 25 heavy (non-hydrogen) atoms. The zero-order chi connectivity index (χ0) is 18.4. The molecule has 0 bridgehead atoms. The zero-order valence-electron chi connectivity index (χ0n) is 15.1. The lowest BCUT2D eigenvalue weighted by atomic mass is 9.99. The Labute approximate surface area is 150 Å². The van der Waals surface area contributed by atoms with Crippen LogP contribution in [0, 0.1) is 5.92 Å². The molecule has 2 rings (SSSR count). The Morgan fingerprint density at radius 2 is 1.88 bits per heavy atom. The summed E-state index contributed by atoms with van der Waals surface area (Å²) >= 11 is 0. The SMILES string of the molecule is CCC(C)C(N)C(=O)NCc1ccccc1S(=O)(=O)N1CCCCC1. The molecule has 2 unspecified atom stereocenters. The van der Waals surface area contributed by atoms with E-state index < -0.39 is 16.1 Å². The molecule has 3 N–H and O–H groups in total. The highest BCUT2D eigenvalue weighted by Gasteiger charge is 2.28. The second-order valence-electron chi connectivity index (χ2n) is 6.70. The highest BCUT2D eigenvalue weighted by atomic mass is 32.2. The number of hydrogen-bond acceptors (Lipinski definition) is 4. The fourth-order valence-corrected chi connectivity index (χ4v) is 4.70. The quantitative estimate of drug-likeness (QED) is 0.769. The smallest absolute Gasteiger partial charge is 0.243 e. The molecule has 1 fully saturated rings. The summed E-state index contributed by atoms with van der Waals surface area (Å²) in [6.45, 7) is 5.19. The molecular weight excluding hydrogens is 338 g/mol. The van der Waals surface area contributed by atoms with Crippen LogP contribution in [0.3, 0.4) is 0 Å². The third-order valence-electron chi connectivity index (χ3n) is 4.92. The standard InChI is InChI=1S/C18H29N3O3S/c1-3-14(2)17(19)18(22)20-13-15-9-5-6-10-16(15)25(23,24)21-11-7-4-8-12-21/h5-6,9-10,14,17H,3-4,7-8,11-13,19H2,1-2H3,(H,20,22). The number of piperidine rings is 1. The minimum atomic E-state index is -3.53. The Hall–Kier alpha value is -1.44. The molecule has 0 aromatic heterocycles. The van der Waals surface area contributed by atoms with Crippen LogP contribution in [-0.2, 0) is 21.4 Å². The number of amides is 1. The fraction of sp³-hybridized carbons (Fsp3) is 0.611. The molecule has 140 valence electrons. The van der Waals surface area contributed by atoms with E-state index in [2.05, 4.69) is 5.32 Å². The molecule has 1 aromatic rings. The van der Waals surface area contributed by atoms with Gasteiger partial charge in [-0.3, -0.25) is 4.79 Å². The molecule has 6 nitrogen and oxygen atoms in total. The van der Waals surface area contributed by atoms with Crippen LogP contribution >= 0.6 is 0 Å². The van der Waals surface area contributed by atoms with Crippen LogP contribution in [-0.4, -0.2) is 37.8 Å². The first-order valence-electron chi connectivity index (χ1n) is 8.99. The topological polar surface area (TPSA) is 92.5 Å². The van der Waals surface area contributed by atoms with Crippen molar-refractivity contribution >= 4 is 15.9 Å². The summed E-state index contributed by atoms with van der Waals surface area (Å²) in [7, 11) is -3.53. The summed E-state index contributed by atoms with van der Waals surface area (Å²) in [4.78, 5) is 12.5. The maximum Gasteiger partial charge on any atom is 0.243 e. The number of nitrogens with one attached hydrogen (secondary N) is 1. The lowest BCUT2D eigenvalue weighted by Gasteiger charge is -2.27. The lowest BCUT2D eigenvalue weighted by molar-refractivity contribution is -0.123. The minimum absolute atomic E-state index is 0.0762. The Morgan fingerprint density at radius 1 is 1.24 bits per heavy atom. The van der Waals surface area contributed by atoms with E-state index in [1.807, 2.05) is 13.8 Å². The molecule has 7 heteroatoms. The molecule has 1 heterocycles. The number of nitrogens with zero attached hydrogens (tertiary/aromatic N) is 1. The minimum Gasteiger partial charge on any atom is -0.351 e. The molecule has 1 aliphatic rings. The number of carbonyl (C=O) groups is 1. The average Bonchev–Trinajstić information content (AvgIpc) is 2.65. The van der Waals surface area contributed by atoms with Gasteiger partial charge in [0.1, 0.15) is 0 Å². The number of sulfonamides is 1. The summed E-state index contributed by atoms with van der Waals surface area (Å²) in [6, 6.07) is 6.26. The van der Waals surface area contributed by atoms with Gasteiger partial charge in [-0.1, -0.05) is 44.9 Å². The second kappa shape index (κ2) is 8.78. The van der Waals surface area contributed by atoms with Gasteiger partial charge in [0.05, 0.1) is 10.9 Å². The average molecular weight is 368 g/mol. The Kier molecular flexibility index (Phi) is 6.98. The summed E-state index contributed by atoms with van der Waals surface area (Å²) in [6.07, 6.45) is 3.66. The number of carbonyl (C=O) groups excluding carboxylic acids is 1. The number of nitrogens with two attached hydrogens (primary N) is 1. The largest absolute Gasteiger partial charge is 0.351 e. The first-order chi connectivity index (χ1) is 11.9.